The van der Waals surface area contributed by atoms with Crippen LogP contribution in [0.1, 0.15) is 13.8 Å². The molecule has 0 unspecified atom stereocenters. The summed E-state index contributed by atoms with van der Waals surface area (Å²) >= 11 is 0. The van der Waals surface area contributed by atoms with Gasteiger partial charge in [-0.25, -0.2) is 8.42 Å². The van der Waals surface area contributed by atoms with Gasteiger partial charge in [0.1, 0.15) is 5.82 Å². The van der Waals surface area contributed by atoms with E-state index in [1.54, 1.807) is 6.07 Å². The zero-order chi connectivity index (χ0) is 9.90. The molecular weight excluding hydrogens is 190 g/mol. The van der Waals surface area contributed by atoms with Gasteiger partial charge >= 0.3 is 0 Å². The summed E-state index contributed by atoms with van der Waals surface area (Å²) in [6.45, 7) is 3.71. The lowest BCUT2D eigenvalue weighted by Crippen LogP contribution is -2.20. The van der Waals surface area contributed by atoms with Crippen molar-refractivity contribution in [3.05, 3.63) is 12.3 Å². The molecule has 13 heavy (non-hydrogen) atoms. The standard InChI is InChI=1S/C7H13N3O2S/c1-6(2)5-13(11,12)10-7-3-4-8-9-7/h3-4,6H,5H2,1-2H3,(H2,8,9,10). The second-order valence-electron chi connectivity index (χ2n) is 3.25. The Morgan fingerprint density at radius 2 is 2.31 bits per heavy atom. The van der Waals surface area contributed by atoms with Crippen molar-refractivity contribution in [2.45, 2.75) is 13.8 Å². The summed E-state index contributed by atoms with van der Waals surface area (Å²) in [7, 11) is -3.23. The molecule has 0 radical (unpaired) electrons. The smallest absolute Gasteiger partial charge is 0.234 e. The van der Waals surface area contributed by atoms with E-state index < -0.39 is 10.0 Å². The number of nitrogens with one attached hydrogen (secondary N) is 2. The lowest BCUT2D eigenvalue weighted by Gasteiger charge is -2.07. The van der Waals surface area contributed by atoms with Crippen molar-refractivity contribution in [2.24, 2.45) is 5.92 Å². The second-order valence-corrected chi connectivity index (χ2v) is 5.01. The van der Waals surface area contributed by atoms with E-state index in [-0.39, 0.29) is 11.7 Å². The monoisotopic (exact) mass is 203 g/mol. The molecule has 0 fully saturated rings. The van der Waals surface area contributed by atoms with Crippen molar-refractivity contribution < 1.29 is 8.42 Å². The third kappa shape index (κ3) is 3.45. The Labute approximate surface area is 77.6 Å². The van der Waals surface area contributed by atoms with Gasteiger partial charge in [0, 0.05) is 6.07 Å². The quantitative estimate of drug-likeness (QED) is 0.760. The number of rotatable bonds is 4. The highest BCUT2D eigenvalue weighted by Crippen LogP contribution is 2.05. The fourth-order valence-corrected chi connectivity index (χ4v) is 2.37. The zero-order valence-electron chi connectivity index (χ0n) is 7.61. The van der Waals surface area contributed by atoms with Crippen LogP contribution in [0.4, 0.5) is 5.82 Å². The molecule has 0 aromatic carbocycles. The van der Waals surface area contributed by atoms with Crippen molar-refractivity contribution in [2.75, 3.05) is 10.5 Å². The molecule has 1 aromatic rings. The molecule has 0 aliphatic heterocycles. The van der Waals surface area contributed by atoms with E-state index in [1.165, 1.54) is 6.20 Å². The molecule has 0 amide bonds. The molecule has 0 bridgehead atoms. The van der Waals surface area contributed by atoms with Crippen LogP contribution in [0.5, 0.6) is 0 Å². The van der Waals surface area contributed by atoms with Crippen molar-refractivity contribution in [1.29, 1.82) is 0 Å². The van der Waals surface area contributed by atoms with Gasteiger partial charge in [0.25, 0.3) is 0 Å². The fraction of sp³-hybridized carbons (Fsp3) is 0.571. The van der Waals surface area contributed by atoms with Gasteiger partial charge < -0.3 is 0 Å². The van der Waals surface area contributed by atoms with Crippen molar-refractivity contribution in [1.82, 2.24) is 10.2 Å². The molecule has 0 spiro atoms. The highest BCUT2D eigenvalue weighted by Gasteiger charge is 2.12. The highest BCUT2D eigenvalue weighted by atomic mass is 32.2. The van der Waals surface area contributed by atoms with Crippen LogP contribution in [-0.4, -0.2) is 24.4 Å². The SMILES string of the molecule is CC(C)CS(=O)(=O)Nc1ccn[nH]1. The largest absolute Gasteiger partial charge is 0.268 e. The minimum Gasteiger partial charge on any atom is -0.268 e. The predicted octanol–water partition coefficient (Wildman–Crippen LogP) is 0.807. The van der Waals surface area contributed by atoms with Gasteiger partial charge in [-0.15, -0.1) is 0 Å². The molecule has 0 saturated heterocycles. The van der Waals surface area contributed by atoms with Crippen LogP contribution in [0.2, 0.25) is 0 Å². The predicted molar refractivity (Wildman–Crippen MR) is 50.8 cm³/mol. The summed E-state index contributed by atoms with van der Waals surface area (Å²) in [4.78, 5) is 0. The van der Waals surface area contributed by atoms with Crippen molar-refractivity contribution >= 4 is 15.8 Å². The molecule has 5 nitrogen and oxygen atoms in total. The van der Waals surface area contributed by atoms with Crippen LogP contribution >= 0.6 is 0 Å². The van der Waals surface area contributed by atoms with Gasteiger partial charge in [0.2, 0.25) is 10.0 Å². The second kappa shape index (κ2) is 3.78. The molecule has 1 aromatic heterocycles. The van der Waals surface area contributed by atoms with E-state index in [0.29, 0.717) is 5.82 Å². The Kier molecular flexibility index (Phi) is 2.92. The molecule has 1 heterocycles. The normalized spacial score (nSPS) is 11.9. The summed E-state index contributed by atoms with van der Waals surface area (Å²) < 4.78 is 25.1. The van der Waals surface area contributed by atoms with E-state index in [2.05, 4.69) is 14.9 Å². The molecule has 1 rings (SSSR count). The number of hydrogen-bond acceptors (Lipinski definition) is 3. The van der Waals surface area contributed by atoms with Gasteiger partial charge in [-0.2, -0.15) is 5.10 Å². The maximum atomic E-state index is 11.3. The maximum absolute atomic E-state index is 11.3. The number of aromatic amines is 1. The molecule has 2 N–H and O–H groups in total. The Bertz CT molecular complexity index is 342. The number of hydrogen-bond donors (Lipinski definition) is 2. The van der Waals surface area contributed by atoms with Gasteiger partial charge in [0.15, 0.2) is 0 Å². The zero-order valence-corrected chi connectivity index (χ0v) is 8.43. The molecule has 0 atom stereocenters. The van der Waals surface area contributed by atoms with Gasteiger partial charge in [-0.05, 0) is 5.92 Å². The van der Waals surface area contributed by atoms with E-state index in [1.807, 2.05) is 13.8 Å². The summed E-state index contributed by atoms with van der Waals surface area (Å²) in [5.74, 6) is 0.632. The minimum absolute atomic E-state index is 0.112. The Hall–Kier alpha value is -1.04. The molecule has 74 valence electrons. The summed E-state index contributed by atoms with van der Waals surface area (Å²) in [5.41, 5.74) is 0. The van der Waals surface area contributed by atoms with Crippen LogP contribution in [0, 0.1) is 5.92 Å². The summed E-state index contributed by atoms with van der Waals surface area (Å²) in [5, 5.41) is 6.16. The third-order valence-corrected chi connectivity index (χ3v) is 2.96. The first-order valence-electron chi connectivity index (χ1n) is 3.99. The molecule has 0 saturated carbocycles. The number of nitrogens with zero attached hydrogens (tertiary/aromatic N) is 1. The Morgan fingerprint density at radius 3 is 2.77 bits per heavy atom. The lowest BCUT2D eigenvalue weighted by molar-refractivity contribution is 0.587. The van der Waals surface area contributed by atoms with E-state index >= 15 is 0 Å². The number of sulfonamides is 1. The number of anilines is 1. The van der Waals surface area contributed by atoms with E-state index in [4.69, 9.17) is 0 Å². The van der Waals surface area contributed by atoms with E-state index in [0.717, 1.165) is 0 Å². The Morgan fingerprint density at radius 1 is 1.62 bits per heavy atom. The molecule has 0 aliphatic carbocycles. The maximum Gasteiger partial charge on any atom is 0.234 e. The Balaban J connectivity index is 2.63. The van der Waals surface area contributed by atoms with Crippen LogP contribution in [0.15, 0.2) is 12.3 Å². The van der Waals surface area contributed by atoms with Crippen molar-refractivity contribution in [3.8, 4) is 0 Å². The molecule has 0 aliphatic rings. The topological polar surface area (TPSA) is 74.8 Å². The average Bonchev–Trinajstić information content (AvgIpc) is 2.34. The molecule has 6 heteroatoms. The first kappa shape index (κ1) is 10.0. The van der Waals surface area contributed by atoms with Crippen LogP contribution < -0.4 is 4.72 Å². The minimum atomic E-state index is -3.23. The van der Waals surface area contributed by atoms with E-state index in [9.17, 15) is 8.42 Å². The van der Waals surface area contributed by atoms with Gasteiger partial charge in [0.05, 0.1) is 11.9 Å². The number of aromatic nitrogens is 2. The summed E-state index contributed by atoms with van der Waals surface area (Å²) in [6, 6.07) is 1.57. The average molecular weight is 203 g/mol. The van der Waals surface area contributed by atoms with Crippen LogP contribution in [0.3, 0.4) is 0 Å². The lowest BCUT2D eigenvalue weighted by atomic mass is 10.3. The number of H-pyrrole nitrogens is 1. The van der Waals surface area contributed by atoms with Gasteiger partial charge in [-0.3, -0.25) is 9.82 Å². The highest BCUT2D eigenvalue weighted by molar-refractivity contribution is 7.92. The van der Waals surface area contributed by atoms with Gasteiger partial charge in [-0.1, -0.05) is 13.8 Å². The first-order valence-corrected chi connectivity index (χ1v) is 5.65. The fourth-order valence-electron chi connectivity index (χ4n) is 0.961. The third-order valence-electron chi connectivity index (χ3n) is 1.32. The summed E-state index contributed by atoms with van der Waals surface area (Å²) in [6.07, 6.45) is 1.49. The van der Waals surface area contributed by atoms with Crippen LogP contribution in [-0.2, 0) is 10.0 Å². The van der Waals surface area contributed by atoms with Crippen LogP contribution in [0.25, 0.3) is 0 Å². The molecular formula is C7H13N3O2S. The van der Waals surface area contributed by atoms with Crippen molar-refractivity contribution in [3.63, 3.8) is 0 Å². The first-order chi connectivity index (χ1) is 5.99.